The number of benzene rings is 2. The van der Waals surface area contributed by atoms with Crippen molar-refractivity contribution in [3.8, 4) is 0 Å². The van der Waals surface area contributed by atoms with Crippen molar-refractivity contribution >= 4 is 12.2 Å². The molecule has 0 bridgehead atoms. The maximum Gasteiger partial charge on any atom is -1.00 e. The van der Waals surface area contributed by atoms with Gasteiger partial charge in [-0.05, 0) is 0 Å². The fraction of sp³-hybridized carbons (Fsp3) is 0.111. The number of allylic oxidation sites excluding steroid dienone is 2. The van der Waals surface area contributed by atoms with Crippen molar-refractivity contribution in [1.29, 1.82) is 0 Å². The monoisotopic (exact) mass is 355 g/mol. The molecule has 20 heavy (non-hydrogen) atoms. The Morgan fingerprint density at radius 1 is 0.650 bits per heavy atom. The Morgan fingerprint density at radius 2 is 1.10 bits per heavy atom. The molecule has 0 heterocycles. The molecule has 2 atom stereocenters. The summed E-state index contributed by atoms with van der Waals surface area (Å²) >= 11 is -0.542. The number of rotatable bonds is 2. The molecule has 0 aromatic heterocycles. The summed E-state index contributed by atoms with van der Waals surface area (Å²) in [6.45, 7) is 0. The van der Waals surface area contributed by atoms with Gasteiger partial charge < -0.3 is 12.4 Å². The maximum atomic E-state index is 2.44. The smallest absolute Gasteiger partial charge is 1.00 e. The molecular weight excluding hydrogens is 343 g/mol. The van der Waals surface area contributed by atoms with Crippen molar-refractivity contribution in [2.75, 3.05) is 0 Å². The third-order valence-electron chi connectivity index (χ3n) is 3.96. The van der Waals surface area contributed by atoms with E-state index in [1.807, 2.05) is 0 Å². The molecule has 0 radical (unpaired) electrons. The van der Waals surface area contributed by atoms with Crippen molar-refractivity contribution in [2.24, 2.45) is 0 Å². The van der Waals surface area contributed by atoms with E-state index in [1.165, 1.54) is 11.1 Å². The molecule has 2 aromatic rings. The normalized spacial score (nSPS) is 21.0. The quantitative estimate of drug-likeness (QED) is 0.767. The first-order chi connectivity index (χ1) is 9.42. The van der Waals surface area contributed by atoms with Gasteiger partial charge in [0.1, 0.15) is 0 Å². The fourth-order valence-electron chi connectivity index (χ4n) is 2.98. The molecule has 2 unspecified atom stereocenters. The zero-order valence-corrected chi connectivity index (χ0v) is 14.2. The van der Waals surface area contributed by atoms with E-state index >= 15 is 0 Å². The molecule has 0 aliphatic heterocycles. The van der Waals surface area contributed by atoms with Crippen LogP contribution < -0.4 is 12.4 Å². The molecule has 0 saturated heterocycles. The summed E-state index contributed by atoms with van der Waals surface area (Å²) in [7, 11) is 0. The van der Waals surface area contributed by atoms with Crippen LogP contribution in [0.3, 0.4) is 0 Å². The standard InChI is InChI=1S/2C9H7.ClH.Zr/c2*1-2-5-9-7-3-6-8(9)4-1;;/h2*1-7H;1H;/q;;;+1/p-1. The van der Waals surface area contributed by atoms with Gasteiger partial charge in [-0.1, -0.05) is 0 Å². The molecular formula is C18H14ClZr. The van der Waals surface area contributed by atoms with Gasteiger partial charge >= 0.3 is 126 Å². The van der Waals surface area contributed by atoms with Crippen molar-refractivity contribution < 1.29 is 35.6 Å². The summed E-state index contributed by atoms with van der Waals surface area (Å²) in [5.41, 5.74) is 5.99. The van der Waals surface area contributed by atoms with Gasteiger partial charge in [-0.3, -0.25) is 0 Å². The van der Waals surface area contributed by atoms with Gasteiger partial charge in [0, 0.05) is 0 Å². The van der Waals surface area contributed by atoms with Crippen molar-refractivity contribution in [2.45, 2.75) is 7.25 Å². The third-order valence-corrected chi connectivity index (χ3v) is 8.20. The molecule has 0 nitrogen and oxygen atoms in total. The van der Waals surface area contributed by atoms with Crippen LogP contribution in [0, 0.1) is 0 Å². The summed E-state index contributed by atoms with van der Waals surface area (Å²) in [4.78, 5) is 0. The summed E-state index contributed by atoms with van der Waals surface area (Å²) in [5.74, 6) is 0. The van der Waals surface area contributed by atoms with Crippen LogP contribution in [0.25, 0.3) is 12.2 Å². The van der Waals surface area contributed by atoms with E-state index in [1.54, 1.807) is 11.1 Å². The van der Waals surface area contributed by atoms with E-state index < -0.39 is 23.2 Å². The zero-order chi connectivity index (χ0) is 12.7. The second kappa shape index (κ2) is 5.84. The minimum atomic E-state index is -0.542. The van der Waals surface area contributed by atoms with Gasteiger partial charge in [0.2, 0.25) is 0 Å². The summed E-state index contributed by atoms with van der Waals surface area (Å²) < 4.78 is 1.47. The molecule has 2 aliphatic rings. The van der Waals surface area contributed by atoms with Crippen LogP contribution in [0.1, 0.15) is 29.5 Å². The molecule has 2 aromatic carbocycles. The Morgan fingerprint density at radius 3 is 1.60 bits per heavy atom. The van der Waals surface area contributed by atoms with Gasteiger partial charge in [0.15, 0.2) is 0 Å². The van der Waals surface area contributed by atoms with E-state index in [0.29, 0.717) is 0 Å². The van der Waals surface area contributed by atoms with Crippen LogP contribution in [0.4, 0.5) is 0 Å². The molecule has 4 rings (SSSR count). The number of fused-ring (bicyclic) bond motifs is 2. The van der Waals surface area contributed by atoms with Crippen LogP contribution in [-0.4, -0.2) is 0 Å². The first kappa shape index (κ1) is 14.0. The predicted molar refractivity (Wildman–Crippen MR) is 76.4 cm³/mol. The first-order valence-electron chi connectivity index (χ1n) is 6.72. The Hall–Kier alpha value is -0.907. The van der Waals surface area contributed by atoms with Crippen LogP contribution in [0.5, 0.6) is 0 Å². The molecule has 2 aliphatic carbocycles. The van der Waals surface area contributed by atoms with E-state index in [2.05, 4.69) is 72.8 Å². The third kappa shape index (κ3) is 2.38. The molecule has 0 N–H and O–H groups in total. The van der Waals surface area contributed by atoms with Crippen LogP contribution in [0.2, 0.25) is 0 Å². The van der Waals surface area contributed by atoms with Gasteiger partial charge in [-0.2, -0.15) is 0 Å². The fourth-order valence-corrected chi connectivity index (χ4v) is 7.13. The molecule has 97 valence electrons. The molecule has 0 saturated carbocycles. The van der Waals surface area contributed by atoms with Crippen molar-refractivity contribution in [1.82, 2.24) is 0 Å². The SMILES string of the molecule is C1=C[CH]([Zr+][CH]2C=Cc3ccccc32)c2ccccc21.[Cl-]. The van der Waals surface area contributed by atoms with Crippen LogP contribution in [0.15, 0.2) is 60.7 Å². The molecule has 2 heteroatoms. The van der Waals surface area contributed by atoms with E-state index in [0.717, 1.165) is 7.25 Å². The zero-order valence-electron chi connectivity index (χ0n) is 11.0. The molecule has 0 spiro atoms. The van der Waals surface area contributed by atoms with E-state index in [9.17, 15) is 0 Å². The van der Waals surface area contributed by atoms with Crippen molar-refractivity contribution in [3.05, 3.63) is 82.9 Å². The van der Waals surface area contributed by atoms with Gasteiger partial charge in [0.25, 0.3) is 0 Å². The van der Waals surface area contributed by atoms with Gasteiger partial charge in [-0.15, -0.1) is 0 Å². The van der Waals surface area contributed by atoms with Crippen molar-refractivity contribution in [3.63, 3.8) is 0 Å². The minimum Gasteiger partial charge on any atom is -1.00 e. The largest absolute Gasteiger partial charge is 1.00 e. The molecule has 0 amide bonds. The van der Waals surface area contributed by atoms with Crippen LogP contribution >= 0.6 is 0 Å². The number of halogens is 1. The second-order valence-corrected chi connectivity index (χ2v) is 8.98. The summed E-state index contributed by atoms with van der Waals surface area (Å²) in [6, 6.07) is 17.7. The molecule has 0 fully saturated rings. The number of hydrogen-bond acceptors (Lipinski definition) is 0. The number of hydrogen-bond donors (Lipinski definition) is 0. The average Bonchev–Trinajstić information content (AvgIpc) is 3.05. The van der Waals surface area contributed by atoms with Gasteiger partial charge in [-0.25, -0.2) is 0 Å². The Labute approximate surface area is 137 Å². The average molecular weight is 357 g/mol. The topological polar surface area (TPSA) is 0 Å². The summed E-state index contributed by atoms with van der Waals surface area (Å²) in [6.07, 6.45) is 9.49. The van der Waals surface area contributed by atoms with Gasteiger partial charge in [0.05, 0.1) is 0 Å². The van der Waals surface area contributed by atoms with Crippen LogP contribution in [-0.2, 0) is 23.2 Å². The predicted octanol–water partition coefficient (Wildman–Crippen LogP) is 1.61. The second-order valence-electron chi connectivity index (χ2n) is 5.10. The minimum absolute atomic E-state index is 0. The Balaban J connectivity index is 0.00000121. The summed E-state index contributed by atoms with van der Waals surface area (Å²) in [5, 5.41) is 0. The van der Waals surface area contributed by atoms with E-state index in [-0.39, 0.29) is 12.4 Å². The van der Waals surface area contributed by atoms with E-state index in [4.69, 9.17) is 0 Å². The Bertz CT molecular complexity index is 628. The maximum absolute atomic E-state index is 2.44. The first-order valence-corrected chi connectivity index (χ1v) is 9.56. The Kier molecular flexibility index (Phi) is 4.10.